The van der Waals surface area contributed by atoms with Gasteiger partial charge in [-0.25, -0.2) is 0 Å². The van der Waals surface area contributed by atoms with E-state index in [9.17, 15) is 19.0 Å². The molecule has 0 amide bonds. The molecule has 2 unspecified atom stereocenters. The van der Waals surface area contributed by atoms with Crippen LogP contribution in [0.3, 0.4) is 0 Å². The summed E-state index contributed by atoms with van der Waals surface area (Å²) in [5.41, 5.74) is 0. The zero-order valence-electron chi connectivity index (χ0n) is 57.2. The molecule has 0 heterocycles. The van der Waals surface area contributed by atoms with Crippen LogP contribution in [0.5, 0.6) is 0 Å². The molecule has 502 valence electrons. The van der Waals surface area contributed by atoms with Crippen LogP contribution in [-0.2, 0) is 32.7 Å². The van der Waals surface area contributed by atoms with Gasteiger partial charge in [0.15, 0.2) is 6.10 Å². The molecular formula is C77H136NO8P. The fraction of sp³-hybridized carbons (Fsp3) is 0.740. The van der Waals surface area contributed by atoms with Crippen LogP contribution >= 0.6 is 7.82 Å². The van der Waals surface area contributed by atoms with Crippen LogP contribution in [-0.4, -0.2) is 70.0 Å². The molecule has 0 aliphatic heterocycles. The Labute approximate surface area is 537 Å². The number of unbranched alkanes of at least 4 members (excludes halogenated alkanes) is 34. The van der Waals surface area contributed by atoms with E-state index in [2.05, 4.69) is 117 Å². The van der Waals surface area contributed by atoms with E-state index in [0.29, 0.717) is 23.9 Å². The lowest BCUT2D eigenvalue weighted by Gasteiger charge is -2.28. The lowest BCUT2D eigenvalue weighted by atomic mass is 10.0. The lowest BCUT2D eigenvalue weighted by Crippen LogP contribution is -2.37. The van der Waals surface area contributed by atoms with Crippen LogP contribution in [0.4, 0.5) is 0 Å². The Kier molecular flexibility index (Phi) is 64.5. The predicted molar refractivity (Wildman–Crippen MR) is 374 cm³/mol. The number of hydrogen-bond acceptors (Lipinski definition) is 8. The van der Waals surface area contributed by atoms with Gasteiger partial charge >= 0.3 is 11.9 Å². The first-order chi connectivity index (χ1) is 42.5. The summed E-state index contributed by atoms with van der Waals surface area (Å²) in [5, 5.41) is 0. The first-order valence-electron chi connectivity index (χ1n) is 36.1. The SMILES string of the molecule is CC/C=C\C/C=C\C/C=C\C/C=C\C/C=C\C/C=C\C/C=C\C/C=C\C/C=C\CCCC(=O)OC(COC(=O)CCCCCCCCCCCCCCCCCCCCCCCCCCCCCCCCCCCC)COP(=O)([O-])OCC[N+](C)(C)C. The molecule has 0 radical (unpaired) electrons. The van der Waals surface area contributed by atoms with Crippen molar-refractivity contribution in [2.45, 2.75) is 322 Å². The topological polar surface area (TPSA) is 111 Å². The predicted octanol–water partition coefficient (Wildman–Crippen LogP) is 23.0. The molecule has 0 saturated carbocycles. The highest BCUT2D eigenvalue weighted by molar-refractivity contribution is 7.45. The van der Waals surface area contributed by atoms with Gasteiger partial charge in [0.2, 0.25) is 0 Å². The number of carbonyl (C=O) groups excluding carboxylic acids is 2. The molecule has 0 aromatic rings. The zero-order valence-corrected chi connectivity index (χ0v) is 58.1. The fourth-order valence-corrected chi connectivity index (χ4v) is 10.8. The maximum absolute atomic E-state index is 12.8. The van der Waals surface area contributed by atoms with Crippen molar-refractivity contribution in [3.63, 3.8) is 0 Å². The number of esters is 2. The van der Waals surface area contributed by atoms with Crippen molar-refractivity contribution in [3.8, 4) is 0 Å². The number of hydrogen-bond donors (Lipinski definition) is 0. The number of phosphoric acid groups is 1. The second-order valence-electron chi connectivity index (χ2n) is 25.2. The Balaban J connectivity index is 4.10. The molecule has 0 aromatic carbocycles. The lowest BCUT2D eigenvalue weighted by molar-refractivity contribution is -0.870. The average Bonchev–Trinajstić information content (AvgIpc) is 3.56. The summed E-state index contributed by atoms with van der Waals surface area (Å²) >= 11 is 0. The molecule has 0 rings (SSSR count). The van der Waals surface area contributed by atoms with E-state index in [1.54, 1.807) is 0 Å². The van der Waals surface area contributed by atoms with Crippen molar-refractivity contribution >= 4 is 19.8 Å². The summed E-state index contributed by atoms with van der Waals surface area (Å²) in [6.07, 6.45) is 94.9. The van der Waals surface area contributed by atoms with Crippen LogP contribution in [0.25, 0.3) is 0 Å². The van der Waals surface area contributed by atoms with Gasteiger partial charge in [0, 0.05) is 12.8 Å². The monoisotopic (exact) mass is 1230 g/mol. The van der Waals surface area contributed by atoms with Crippen LogP contribution in [0.2, 0.25) is 0 Å². The van der Waals surface area contributed by atoms with E-state index >= 15 is 0 Å². The van der Waals surface area contributed by atoms with Gasteiger partial charge in [-0.05, 0) is 77.0 Å². The number of likely N-dealkylation sites (N-methyl/N-ethyl adjacent to an activating group) is 1. The number of rotatable bonds is 66. The Hall–Kier alpha value is -3.33. The number of phosphoric ester groups is 1. The second kappa shape index (κ2) is 67.1. The van der Waals surface area contributed by atoms with Crippen LogP contribution in [0, 0.1) is 0 Å². The standard InChI is InChI=1S/C77H136NO8P/c1-6-8-10-12-14-16-18-20-22-24-26-28-30-32-34-36-37-38-39-40-42-43-45-47-49-51-53-55-57-59-61-63-65-67-69-76(79)83-73-75(74-85-87(81,82)84-72-71-78(3,4)5)86-77(80)70-68-66-64-62-60-58-56-54-52-50-48-46-44-41-35-33-31-29-27-25-23-21-19-17-15-13-11-9-7-2/h9,11,15,17,21,23,27,29,33,35,44,46,50,52,56,58,62,64,75H,6-8,10,12-14,16,18-20,22,24-26,28,30-32,34,36-43,45,47-49,51,53-55,57,59-61,63,65-74H2,1-5H3/b11-9-,17-15-,23-21-,29-27-,35-33-,46-44-,52-50-,58-56-,64-62-. The molecule has 87 heavy (non-hydrogen) atoms. The summed E-state index contributed by atoms with van der Waals surface area (Å²) in [6, 6.07) is 0. The summed E-state index contributed by atoms with van der Waals surface area (Å²) in [6.45, 7) is 4.09. The summed E-state index contributed by atoms with van der Waals surface area (Å²) in [7, 11) is 1.12. The normalized spacial score (nSPS) is 13.8. The Morgan fingerprint density at radius 2 is 0.655 bits per heavy atom. The smallest absolute Gasteiger partial charge is 0.306 e. The molecule has 10 heteroatoms. The summed E-state index contributed by atoms with van der Waals surface area (Å²) in [5.74, 6) is -0.899. The fourth-order valence-electron chi connectivity index (χ4n) is 10.1. The molecule has 2 atom stereocenters. The minimum absolute atomic E-state index is 0.0461. The third-order valence-electron chi connectivity index (χ3n) is 15.6. The number of ether oxygens (including phenoxy) is 2. The van der Waals surface area contributed by atoms with Crippen molar-refractivity contribution in [2.24, 2.45) is 0 Å². The van der Waals surface area contributed by atoms with Gasteiger partial charge in [0.25, 0.3) is 7.82 Å². The zero-order chi connectivity index (χ0) is 63.4. The molecule has 0 spiro atoms. The molecule has 0 aliphatic rings. The van der Waals surface area contributed by atoms with E-state index in [1.807, 2.05) is 27.2 Å². The number of nitrogens with zero attached hydrogens (tertiary/aromatic N) is 1. The molecule has 0 N–H and O–H groups in total. The van der Waals surface area contributed by atoms with Crippen molar-refractivity contribution < 1.29 is 42.1 Å². The van der Waals surface area contributed by atoms with Gasteiger partial charge in [0.05, 0.1) is 27.7 Å². The van der Waals surface area contributed by atoms with E-state index in [4.69, 9.17) is 18.5 Å². The average molecular weight is 1230 g/mol. The largest absolute Gasteiger partial charge is 0.756 e. The van der Waals surface area contributed by atoms with Gasteiger partial charge in [-0.3, -0.25) is 14.2 Å². The molecule has 0 bridgehead atoms. The summed E-state index contributed by atoms with van der Waals surface area (Å²) in [4.78, 5) is 38.0. The Morgan fingerprint density at radius 3 is 0.966 bits per heavy atom. The maximum atomic E-state index is 12.8. The van der Waals surface area contributed by atoms with E-state index in [0.717, 1.165) is 77.0 Å². The Morgan fingerprint density at radius 1 is 0.368 bits per heavy atom. The highest BCUT2D eigenvalue weighted by atomic mass is 31.2. The highest BCUT2D eigenvalue weighted by Crippen LogP contribution is 2.38. The second-order valence-corrected chi connectivity index (χ2v) is 26.6. The summed E-state index contributed by atoms with van der Waals surface area (Å²) < 4.78 is 34.2. The third-order valence-corrected chi connectivity index (χ3v) is 16.5. The molecule has 0 fully saturated rings. The van der Waals surface area contributed by atoms with Gasteiger partial charge < -0.3 is 27.9 Å². The first-order valence-corrected chi connectivity index (χ1v) is 37.6. The van der Waals surface area contributed by atoms with E-state index < -0.39 is 32.5 Å². The number of carbonyl (C=O) groups is 2. The van der Waals surface area contributed by atoms with Gasteiger partial charge in [-0.15, -0.1) is 0 Å². The van der Waals surface area contributed by atoms with Gasteiger partial charge in [0.1, 0.15) is 19.8 Å². The van der Waals surface area contributed by atoms with Gasteiger partial charge in [-0.1, -0.05) is 335 Å². The van der Waals surface area contributed by atoms with Gasteiger partial charge in [-0.2, -0.15) is 0 Å². The number of allylic oxidation sites excluding steroid dienone is 18. The van der Waals surface area contributed by atoms with E-state index in [1.165, 1.54) is 199 Å². The van der Waals surface area contributed by atoms with Crippen LogP contribution < -0.4 is 4.89 Å². The first kappa shape index (κ1) is 83.7. The van der Waals surface area contributed by atoms with Crippen molar-refractivity contribution in [3.05, 3.63) is 109 Å². The molecule has 0 aromatic heterocycles. The quantitative estimate of drug-likeness (QED) is 0.0195. The van der Waals surface area contributed by atoms with Crippen molar-refractivity contribution in [1.29, 1.82) is 0 Å². The molecule has 0 aliphatic carbocycles. The van der Waals surface area contributed by atoms with Crippen molar-refractivity contribution in [2.75, 3.05) is 47.5 Å². The van der Waals surface area contributed by atoms with Crippen molar-refractivity contribution in [1.82, 2.24) is 0 Å². The van der Waals surface area contributed by atoms with Crippen LogP contribution in [0.15, 0.2) is 109 Å². The third kappa shape index (κ3) is 71.6. The molecular weight excluding hydrogens is 1100 g/mol. The minimum atomic E-state index is -4.66. The molecule has 9 nitrogen and oxygen atoms in total. The minimum Gasteiger partial charge on any atom is -0.756 e. The number of quaternary nitrogens is 1. The Bertz CT molecular complexity index is 1840. The maximum Gasteiger partial charge on any atom is 0.306 e. The highest BCUT2D eigenvalue weighted by Gasteiger charge is 2.22. The molecule has 0 saturated heterocycles. The van der Waals surface area contributed by atoms with Crippen LogP contribution in [0.1, 0.15) is 316 Å². The van der Waals surface area contributed by atoms with E-state index in [-0.39, 0.29) is 26.1 Å².